The van der Waals surface area contributed by atoms with Gasteiger partial charge in [-0.2, -0.15) is 0 Å². The van der Waals surface area contributed by atoms with Crippen LogP contribution >= 0.6 is 0 Å². The molecule has 2 N–H and O–H groups in total. The Hall–Kier alpha value is -2.56. The van der Waals surface area contributed by atoms with E-state index in [0.29, 0.717) is 0 Å². The minimum Gasteiger partial charge on any atom is -0.459 e. The zero-order valence-electron chi connectivity index (χ0n) is 11.4. The number of rotatable bonds is 4. The van der Waals surface area contributed by atoms with Gasteiger partial charge in [0.25, 0.3) is 5.91 Å². The molecule has 104 valence electrons. The Morgan fingerprint density at radius 2 is 2.00 bits per heavy atom. The van der Waals surface area contributed by atoms with Gasteiger partial charge in [0.2, 0.25) is 5.91 Å². The van der Waals surface area contributed by atoms with Crippen molar-refractivity contribution in [1.82, 2.24) is 5.32 Å². The lowest BCUT2D eigenvalue weighted by Crippen LogP contribution is -2.32. The molecule has 0 fully saturated rings. The second-order valence-corrected chi connectivity index (χ2v) is 4.53. The molecule has 0 radical (unpaired) electrons. The lowest BCUT2D eigenvalue weighted by molar-refractivity contribution is -0.115. The van der Waals surface area contributed by atoms with Crippen LogP contribution in [0, 0.1) is 13.8 Å². The molecule has 0 saturated carbocycles. The number of anilines is 1. The number of nitrogens with one attached hydrogen (secondary N) is 2. The van der Waals surface area contributed by atoms with Crippen LogP contribution in [-0.4, -0.2) is 18.4 Å². The second-order valence-electron chi connectivity index (χ2n) is 4.53. The van der Waals surface area contributed by atoms with E-state index in [1.807, 2.05) is 32.0 Å². The zero-order chi connectivity index (χ0) is 14.5. The van der Waals surface area contributed by atoms with Crippen molar-refractivity contribution in [2.45, 2.75) is 13.8 Å². The van der Waals surface area contributed by atoms with Gasteiger partial charge in [0.05, 0.1) is 12.8 Å². The van der Waals surface area contributed by atoms with Gasteiger partial charge in [0.1, 0.15) is 0 Å². The second kappa shape index (κ2) is 6.06. The number of hydrogen-bond acceptors (Lipinski definition) is 3. The molecule has 0 unspecified atom stereocenters. The topological polar surface area (TPSA) is 71.3 Å². The lowest BCUT2D eigenvalue weighted by atomic mass is 10.1. The number of carbonyl (C=O) groups is 2. The number of benzene rings is 1. The summed E-state index contributed by atoms with van der Waals surface area (Å²) < 4.78 is 4.93. The maximum absolute atomic E-state index is 11.8. The van der Waals surface area contributed by atoms with Crippen LogP contribution in [0.3, 0.4) is 0 Å². The minimum atomic E-state index is -0.411. The predicted octanol–water partition coefficient (Wildman–Crippen LogP) is 2.26. The summed E-state index contributed by atoms with van der Waals surface area (Å²) in [7, 11) is 0. The van der Waals surface area contributed by atoms with E-state index in [1.165, 1.54) is 12.3 Å². The SMILES string of the molecule is Cc1ccc(NC(=O)CNC(=O)c2ccco2)c(C)c1. The maximum Gasteiger partial charge on any atom is 0.287 e. The fourth-order valence-corrected chi connectivity index (χ4v) is 1.80. The van der Waals surface area contributed by atoms with Crippen LogP contribution in [0.1, 0.15) is 21.7 Å². The largest absolute Gasteiger partial charge is 0.459 e. The van der Waals surface area contributed by atoms with E-state index in [9.17, 15) is 9.59 Å². The van der Waals surface area contributed by atoms with Gasteiger partial charge in [-0.15, -0.1) is 0 Å². The van der Waals surface area contributed by atoms with Crippen molar-refractivity contribution in [3.05, 3.63) is 53.5 Å². The first-order valence-electron chi connectivity index (χ1n) is 6.25. The van der Waals surface area contributed by atoms with Gasteiger partial charge in [-0.25, -0.2) is 0 Å². The molecule has 1 aromatic carbocycles. The van der Waals surface area contributed by atoms with E-state index in [0.717, 1.165) is 16.8 Å². The molecular formula is C15H16N2O3. The maximum atomic E-state index is 11.8. The summed E-state index contributed by atoms with van der Waals surface area (Å²) in [6, 6.07) is 8.90. The molecule has 0 spiro atoms. The molecule has 0 aliphatic rings. The third kappa shape index (κ3) is 3.47. The van der Waals surface area contributed by atoms with Crippen LogP contribution in [-0.2, 0) is 4.79 Å². The summed E-state index contributed by atoms with van der Waals surface area (Å²) in [5, 5.41) is 5.24. The smallest absolute Gasteiger partial charge is 0.287 e. The summed E-state index contributed by atoms with van der Waals surface area (Å²) in [6.45, 7) is 3.80. The van der Waals surface area contributed by atoms with Gasteiger partial charge < -0.3 is 15.1 Å². The molecule has 0 aliphatic carbocycles. The first-order chi connectivity index (χ1) is 9.56. The predicted molar refractivity (Wildman–Crippen MR) is 75.6 cm³/mol. The van der Waals surface area contributed by atoms with Crippen LogP contribution < -0.4 is 10.6 Å². The minimum absolute atomic E-state index is 0.104. The monoisotopic (exact) mass is 272 g/mol. The lowest BCUT2D eigenvalue weighted by Gasteiger charge is -2.09. The highest BCUT2D eigenvalue weighted by Gasteiger charge is 2.10. The van der Waals surface area contributed by atoms with Crippen LogP contribution in [0.4, 0.5) is 5.69 Å². The number of hydrogen-bond donors (Lipinski definition) is 2. The number of aryl methyl sites for hydroxylation is 2. The molecule has 0 saturated heterocycles. The van der Waals surface area contributed by atoms with Crippen LogP contribution in [0.2, 0.25) is 0 Å². The highest BCUT2D eigenvalue weighted by molar-refractivity contribution is 5.98. The van der Waals surface area contributed by atoms with Gasteiger partial charge >= 0.3 is 0 Å². The van der Waals surface area contributed by atoms with Gasteiger partial charge in [-0.1, -0.05) is 17.7 Å². The van der Waals surface area contributed by atoms with E-state index in [-0.39, 0.29) is 18.2 Å². The fourth-order valence-electron chi connectivity index (χ4n) is 1.80. The number of furan rings is 1. The summed E-state index contributed by atoms with van der Waals surface area (Å²) >= 11 is 0. The van der Waals surface area contributed by atoms with E-state index < -0.39 is 5.91 Å². The molecule has 1 heterocycles. The Balaban J connectivity index is 1.88. The Morgan fingerprint density at radius 1 is 1.20 bits per heavy atom. The normalized spacial score (nSPS) is 10.1. The van der Waals surface area contributed by atoms with Gasteiger partial charge in [-0.05, 0) is 37.6 Å². The van der Waals surface area contributed by atoms with Crippen molar-refractivity contribution in [3.8, 4) is 0 Å². The van der Waals surface area contributed by atoms with Gasteiger partial charge in [0.15, 0.2) is 5.76 Å². The average Bonchev–Trinajstić information content (AvgIpc) is 2.93. The Morgan fingerprint density at radius 3 is 2.65 bits per heavy atom. The highest BCUT2D eigenvalue weighted by atomic mass is 16.3. The van der Waals surface area contributed by atoms with Gasteiger partial charge in [-0.3, -0.25) is 9.59 Å². The third-order valence-electron chi connectivity index (χ3n) is 2.81. The van der Waals surface area contributed by atoms with E-state index >= 15 is 0 Å². The molecule has 5 nitrogen and oxygen atoms in total. The average molecular weight is 272 g/mol. The van der Waals surface area contributed by atoms with Crippen molar-refractivity contribution >= 4 is 17.5 Å². The summed E-state index contributed by atoms with van der Waals surface area (Å²) in [5.74, 6) is -0.507. The molecule has 2 rings (SSSR count). The van der Waals surface area contributed by atoms with Crippen molar-refractivity contribution in [2.75, 3.05) is 11.9 Å². The Bertz CT molecular complexity index is 618. The molecule has 2 amide bonds. The van der Waals surface area contributed by atoms with Crippen LogP contribution in [0.15, 0.2) is 41.0 Å². The van der Waals surface area contributed by atoms with Crippen molar-refractivity contribution in [2.24, 2.45) is 0 Å². The molecule has 0 aliphatic heterocycles. The third-order valence-corrected chi connectivity index (χ3v) is 2.81. The Kier molecular flexibility index (Phi) is 4.20. The fraction of sp³-hybridized carbons (Fsp3) is 0.200. The van der Waals surface area contributed by atoms with Crippen molar-refractivity contribution in [3.63, 3.8) is 0 Å². The summed E-state index contributed by atoms with van der Waals surface area (Å²) in [4.78, 5) is 23.4. The first kappa shape index (κ1) is 13.9. The highest BCUT2D eigenvalue weighted by Crippen LogP contribution is 2.15. The van der Waals surface area contributed by atoms with E-state index in [2.05, 4.69) is 10.6 Å². The molecule has 2 aromatic rings. The summed E-state index contributed by atoms with van der Waals surface area (Å²) in [6.07, 6.45) is 1.41. The molecule has 1 aromatic heterocycles. The van der Waals surface area contributed by atoms with Crippen LogP contribution in [0.5, 0.6) is 0 Å². The van der Waals surface area contributed by atoms with E-state index in [4.69, 9.17) is 4.42 Å². The Labute approximate surface area is 117 Å². The summed E-state index contributed by atoms with van der Waals surface area (Å²) in [5.41, 5.74) is 2.86. The standard InChI is InChI=1S/C15H16N2O3/c1-10-5-6-12(11(2)8-10)17-14(18)9-16-15(19)13-4-3-7-20-13/h3-8H,9H2,1-2H3,(H,16,19)(H,17,18). The van der Waals surface area contributed by atoms with Crippen molar-refractivity contribution in [1.29, 1.82) is 0 Å². The first-order valence-corrected chi connectivity index (χ1v) is 6.25. The number of amides is 2. The van der Waals surface area contributed by atoms with Gasteiger partial charge in [0, 0.05) is 5.69 Å². The van der Waals surface area contributed by atoms with E-state index in [1.54, 1.807) is 6.07 Å². The molecular weight excluding hydrogens is 256 g/mol. The number of carbonyl (C=O) groups excluding carboxylic acids is 2. The zero-order valence-corrected chi connectivity index (χ0v) is 11.4. The molecule has 20 heavy (non-hydrogen) atoms. The molecule has 0 atom stereocenters. The van der Waals surface area contributed by atoms with Crippen molar-refractivity contribution < 1.29 is 14.0 Å². The van der Waals surface area contributed by atoms with Crippen LogP contribution in [0.25, 0.3) is 0 Å². The molecule has 5 heteroatoms. The quantitative estimate of drug-likeness (QED) is 0.896. The molecule has 0 bridgehead atoms.